The number of rotatable bonds is 5. The standard InChI is InChI=1S/C33H24FN5O5S/c1-36-33(40)29-23-14-22(25(38(2)45(3,41)42)15-28(23)44-32(29)18-7-9-21(34)10-8-18)24-11-12-27-30(37-24)26-13-19-5-4-6-20(16-35)31(19)39(26)17-43-27/h4-15H,17H2,1-3H3,(H,36,40). The van der Waals surface area contributed by atoms with Crippen LogP contribution >= 0.6 is 0 Å². The number of nitrogens with zero attached hydrogens (tertiary/aromatic N) is 4. The zero-order valence-corrected chi connectivity index (χ0v) is 25.1. The second-order valence-electron chi connectivity index (χ2n) is 10.6. The molecule has 45 heavy (non-hydrogen) atoms. The van der Waals surface area contributed by atoms with E-state index < -0.39 is 21.7 Å². The second-order valence-corrected chi connectivity index (χ2v) is 12.6. The van der Waals surface area contributed by atoms with E-state index in [9.17, 15) is 22.9 Å². The maximum Gasteiger partial charge on any atom is 0.255 e. The number of fused-ring (bicyclic) bond motifs is 6. The molecule has 1 aliphatic heterocycles. The van der Waals surface area contributed by atoms with Crippen molar-refractivity contribution in [1.29, 1.82) is 5.26 Å². The molecule has 7 rings (SSSR count). The van der Waals surface area contributed by atoms with Gasteiger partial charge >= 0.3 is 0 Å². The number of pyridine rings is 1. The minimum atomic E-state index is -3.74. The lowest BCUT2D eigenvalue weighted by atomic mass is 10.0. The number of nitriles is 1. The van der Waals surface area contributed by atoms with E-state index in [-0.39, 0.29) is 29.3 Å². The summed E-state index contributed by atoms with van der Waals surface area (Å²) in [7, 11) is -0.831. The van der Waals surface area contributed by atoms with Crippen LogP contribution in [0.25, 0.3) is 55.8 Å². The van der Waals surface area contributed by atoms with E-state index in [1.165, 1.54) is 38.4 Å². The molecule has 0 spiro atoms. The summed E-state index contributed by atoms with van der Waals surface area (Å²) < 4.78 is 54.5. The molecule has 224 valence electrons. The van der Waals surface area contributed by atoms with Gasteiger partial charge in [-0.3, -0.25) is 9.10 Å². The molecule has 0 unspecified atom stereocenters. The van der Waals surface area contributed by atoms with E-state index in [1.54, 1.807) is 30.3 Å². The van der Waals surface area contributed by atoms with Crippen LogP contribution in [0.4, 0.5) is 10.1 Å². The van der Waals surface area contributed by atoms with Crippen molar-refractivity contribution in [3.63, 3.8) is 0 Å². The first kappa shape index (κ1) is 28.1. The third-order valence-electron chi connectivity index (χ3n) is 7.97. The fourth-order valence-corrected chi connectivity index (χ4v) is 6.22. The van der Waals surface area contributed by atoms with Gasteiger partial charge in [-0.2, -0.15) is 5.26 Å². The molecule has 0 saturated carbocycles. The van der Waals surface area contributed by atoms with Crippen molar-refractivity contribution in [2.24, 2.45) is 0 Å². The predicted molar refractivity (Wildman–Crippen MR) is 168 cm³/mol. The highest BCUT2D eigenvalue weighted by Crippen LogP contribution is 2.43. The van der Waals surface area contributed by atoms with Gasteiger partial charge in [-0.1, -0.05) is 12.1 Å². The number of nitrogens with one attached hydrogen (secondary N) is 1. The molecule has 12 heteroatoms. The number of aromatic nitrogens is 2. The van der Waals surface area contributed by atoms with Crippen LogP contribution in [0.5, 0.6) is 5.75 Å². The number of furan rings is 1. The fraction of sp³-hybridized carbons (Fsp3) is 0.121. The van der Waals surface area contributed by atoms with Crippen LogP contribution in [0, 0.1) is 17.1 Å². The number of carbonyl (C=O) groups is 1. The number of hydrogen-bond donors (Lipinski definition) is 1. The number of amides is 1. The Morgan fingerprint density at radius 1 is 1.11 bits per heavy atom. The van der Waals surface area contributed by atoms with Gasteiger partial charge in [0.05, 0.1) is 40.0 Å². The van der Waals surface area contributed by atoms with Gasteiger partial charge in [-0.05, 0) is 54.6 Å². The molecule has 0 fully saturated rings. The summed E-state index contributed by atoms with van der Waals surface area (Å²) in [5.41, 5.74) is 4.52. The van der Waals surface area contributed by atoms with E-state index in [1.807, 2.05) is 22.8 Å². The van der Waals surface area contributed by atoms with Gasteiger partial charge in [0.25, 0.3) is 5.91 Å². The first-order valence-electron chi connectivity index (χ1n) is 13.8. The summed E-state index contributed by atoms with van der Waals surface area (Å²) in [6, 6.07) is 21.9. The normalized spacial score (nSPS) is 12.3. The Kier molecular flexibility index (Phi) is 6.38. The van der Waals surface area contributed by atoms with Gasteiger partial charge in [0.15, 0.2) is 6.73 Å². The third-order valence-corrected chi connectivity index (χ3v) is 9.16. The Balaban J connectivity index is 1.50. The lowest BCUT2D eigenvalue weighted by molar-refractivity contribution is 0.0964. The molecule has 4 heterocycles. The quantitative estimate of drug-likeness (QED) is 0.254. The van der Waals surface area contributed by atoms with Crippen LogP contribution in [0.15, 0.2) is 77.2 Å². The molecule has 6 aromatic rings. The highest BCUT2D eigenvalue weighted by molar-refractivity contribution is 7.92. The van der Waals surface area contributed by atoms with Gasteiger partial charge in [-0.15, -0.1) is 0 Å². The number of hydrogen-bond acceptors (Lipinski definition) is 7. The topological polar surface area (TPSA) is 130 Å². The Morgan fingerprint density at radius 3 is 2.60 bits per heavy atom. The molecule has 0 atom stereocenters. The molecule has 1 amide bonds. The van der Waals surface area contributed by atoms with Crippen molar-refractivity contribution in [3.05, 3.63) is 89.7 Å². The van der Waals surface area contributed by atoms with Crippen LogP contribution < -0.4 is 14.4 Å². The van der Waals surface area contributed by atoms with Crippen LogP contribution in [0.2, 0.25) is 0 Å². The molecule has 0 radical (unpaired) electrons. The molecule has 0 aliphatic carbocycles. The zero-order valence-electron chi connectivity index (χ0n) is 24.3. The van der Waals surface area contributed by atoms with Crippen LogP contribution in [-0.4, -0.2) is 44.2 Å². The smallest absolute Gasteiger partial charge is 0.255 e. The van der Waals surface area contributed by atoms with Crippen molar-refractivity contribution in [1.82, 2.24) is 14.9 Å². The highest BCUT2D eigenvalue weighted by atomic mass is 32.2. The first-order valence-corrected chi connectivity index (χ1v) is 15.6. The maximum atomic E-state index is 13.7. The van der Waals surface area contributed by atoms with Crippen molar-refractivity contribution < 1.29 is 26.8 Å². The average Bonchev–Trinajstić information content (AvgIpc) is 3.61. The molecule has 0 saturated heterocycles. The summed E-state index contributed by atoms with van der Waals surface area (Å²) in [4.78, 5) is 18.2. The summed E-state index contributed by atoms with van der Waals surface area (Å²) in [5, 5.41) is 13.6. The summed E-state index contributed by atoms with van der Waals surface area (Å²) in [5.74, 6) is -0.146. The minimum absolute atomic E-state index is 0.191. The van der Waals surface area contributed by atoms with Gasteiger partial charge in [0.1, 0.15) is 34.7 Å². The number of para-hydroxylation sites is 1. The summed E-state index contributed by atoms with van der Waals surface area (Å²) >= 11 is 0. The monoisotopic (exact) mass is 621 g/mol. The number of anilines is 1. The zero-order chi connectivity index (χ0) is 31.6. The highest BCUT2D eigenvalue weighted by Gasteiger charge is 2.28. The average molecular weight is 622 g/mol. The van der Waals surface area contributed by atoms with Gasteiger partial charge in [0.2, 0.25) is 10.0 Å². The second kappa shape index (κ2) is 10.2. The third kappa shape index (κ3) is 4.47. The number of carbonyl (C=O) groups excluding carboxylic acids is 1. The summed E-state index contributed by atoms with van der Waals surface area (Å²) in [6.07, 6.45) is 1.09. The Morgan fingerprint density at radius 2 is 1.89 bits per heavy atom. The van der Waals surface area contributed by atoms with E-state index in [2.05, 4.69) is 11.4 Å². The van der Waals surface area contributed by atoms with Gasteiger partial charge in [-0.25, -0.2) is 17.8 Å². The van der Waals surface area contributed by atoms with Crippen molar-refractivity contribution in [2.75, 3.05) is 24.7 Å². The number of halogens is 1. The van der Waals surface area contributed by atoms with E-state index in [0.29, 0.717) is 39.2 Å². The molecule has 10 nitrogen and oxygen atoms in total. The largest absolute Gasteiger partial charge is 0.470 e. The number of ether oxygens (including phenoxy) is 1. The molecule has 1 aliphatic rings. The van der Waals surface area contributed by atoms with Crippen LogP contribution in [0.1, 0.15) is 15.9 Å². The number of benzene rings is 3. The van der Waals surface area contributed by atoms with Crippen molar-refractivity contribution in [2.45, 2.75) is 6.73 Å². The maximum absolute atomic E-state index is 13.7. The van der Waals surface area contributed by atoms with Crippen molar-refractivity contribution >= 4 is 43.5 Å². The van der Waals surface area contributed by atoms with Crippen molar-refractivity contribution in [3.8, 4) is 45.8 Å². The molecule has 3 aromatic carbocycles. The Hall–Kier alpha value is -5.67. The molecular weight excluding hydrogens is 597 g/mol. The fourth-order valence-electron chi connectivity index (χ4n) is 5.71. The molecule has 3 aromatic heterocycles. The Bertz CT molecular complexity index is 2350. The molecule has 0 bridgehead atoms. The summed E-state index contributed by atoms with van der Waals surface area (Å²) in [6.45, 7) is 0.191. The van der Waals surface area contributed by atoms with Gasteiger partial charge in [0, 0.05) is 42.1 Å². The lowest BCUT2D eigenvalue weighted by Crippen LogP contribution is -2.25. The van der Waals surface area contributed by atoms with Crippen LogP contribution in [0.3, 0.4) is 0 Å². The van der Waals surface area contributed by atoms with Crippen LogP contribution in [-0.2, 0) is 16.8 Å². The Labute approximate surface area is 256 Å². The van der Waals surface area contributed by atoms with Gasteiger partial charge < -0.3 is 19.0 Å². The van der Waals surface area contributed by atoms with E-state index >= 15 is 0 Å². The van der Waals surface area contributed by atoms with E-state index in [0.717, 1.165) is 27.2 Å². The lowest BCUT2D eigenvalue weighted by Gasteiger charge is -2.23. The van der Waals surface area contributed by atoms with E-state index in [4.69, 9.17) is 14.1 Å². The first-order chi connectivity index (χ1) is 21.6. The number of sulfonamides is 1. The minimum Gasteiger partial charge on any atom is -0.470 e. The molecular formula is C33H24FN5O5S. The molecule has 1 N–H and O–H groups in total. The predicted octanol–water partition coefficient (Wildman–Crippen LogP) is 5.90. The SMILES string of the molecule is CNC(=O)c1c(-c2ccc(F)cc2)oc2cc(N(C)S(C)(=O)=O)c(-c3ccc4c(n3)-c3cc5cccc(C#N)c5n3CO4)cc12.